The Bertz CT molecular complexity index is 786. The number of carbonyl (C=O) groups is 2. The molecule has 0 aromatic heterocycles. The van der Waals surface area contributed by atoms with Gasteiger partial charge in [-0.05, 0) is 61.4 Å². The maximum Gasteiger partial charge on any atom is 0.251 e. The highest BCUT2D eigenvalue weighted by atomic mass is 79.9. The third-order valence-corrected chi connectivity index (χ3v) is 4.90. The van der Waals surface area contributed by atoms with E-state index in [2.05, 4.69) is 21.2 Å². The number of carbonyl (C=O) groups excluding carboxylic acids is 2. The van der Waals surface area contributed by atoms with Gasteiger partial charge in [-0.25, -0.2) is 0 Å². The zero-order valence-electron chi connectivity index (χ0n) is 13.7. The molecule has 0 aliphatic carbocycles. The number of anilines is 1. The quantitative estimate of drug-likeness (QED) is 0.875. The lowest BCUT2D eigenvalue weighted by Crippen LogP contribution is -2.37. The Morgan fingerprint density at radius 2 is 1.83 bits per heavy atom. The molecule has 0 spiro atoms. The number of hydrogen-bond donors (Lipinski definition) is 1. The summed E-state index contributed by atoms with van der Waals surface area (Å²) >= 11 is 3.35. The summed E-state index contributed by atoms with van der Waals surface area (Å²) in [6.45, 7) is 4.59. The summed E-state index contributed by atoms with van der Waals surface area (Å²) in [4.78, 5) is 26.4. The van der Waals surface area contributed by atoms with Crippen LogP contribution in [0, 0.1) is 13.8 Å². The third kappa shape index (κ3) is 3.51. The molecule has 1 aliphatic heterocycles. The first-order valence-corrected chi connectivity index (χ1v) is 8.67. The van der Waals surface area contributed by atoms with Crippen LogP contribution in [0.15, 0.2) is 46.9 Å². The summed E-state index contributed by atoms with van der Waals surface area (Å²) in [5.74, 6) is -0.110. The molecule has 4 nitrogen and oxygen atoms in total. The van der Waals surface area contributed by atoms with Crippen LogP contribution in [0.25, 0.3) is 0 Å². The molecule has 2 amide bonds. The van der Waals surface area contributed by atoms with Crippen molar-refractivity contribution < 1.29 is 9.59 Å². The van der Waals surface area contributed by atoms with Crippen LogP contribution in [0.5, 0.6) is 0 Å². The molecule has 124 valence electrons. The van der Waals surface area contributed by atoms with Crippen LogP contribution in [-0.4, -0.2) is 24.4 Å². The third-order valence-electron chi connectivity index (χ3n) is 4.37. The van der Waals surface area contributed by atoms with Gasteiger partial charge in [0.1, 0.15) is 0 Å². The van der Waals surface area contributed by atoms with E-state index in [1.807, 2.05) is 44.2 Å². The molecular weight excluding hydrogens is 368 g/mol. The lowest BCUT2D eigenvalue weighted by Gasteiger charge is -2.18. The molecule has 0 radical (unpaired) electrons. The molecule has 3 rings (SSSR count). The van der Waals surface area contributed by atoms with Crippen LogP contribution in [0.1, 0.15) is 27.9 Å². The molecular formula is C19H19BrN2O2. The number of aryl methyl sites for hydroxylation is 2. The van der Waals surface area contributed by atoms with E-state index < -0.39 is 0 Å². The van der Waals surface area contributed by atoms with E-state index in [1.54, 1.807) is 17.0 Å². The van der Waals surface area contributed by atoms with Crippen molar-refractivity contribution in [2.24, 2.45) is 0 Å². The first-order valence-electron chi connectivity index (χ1n) is 7.88. The van der Waals surface area contributed by atoms with Gasteiger partial charge in [-0.1, -0.05) is 22.0 Å². The van der Waals surface area contributed by atoms with Crippen molar-refractivity contribution in [1.82, 2.24) is 5.32 Å². The van der Waals surface area contributed by atoms with Crippen molar-refractivity contribution in [2.75, 3.05) is 11.4 Å². The summed E-state index contributed by atoms with van der Waals surface area (Å²) in [6.07, 6.45) is 0.329. The number of nitrogens with one attached hydrogen (secondary N) is 1. The molecule has 5 heteroatoms. The molecule has 1 saturated heterocycles. The summed E-state index contributed by atoms with van der Waals surface area (Å²) in [6, 6.07) is 13.0. The van der Waals surface area contributed by atoms with Crippen molar-refractivity contribution in [3.63, 3.8) is 0 Å². The Morgan fingerprint density at radius 1 is 1.12 bits per heavy atom. The number of nitrogens with zero attached hydrogens (tertiary/aromatic N) is 1. The summed E-state index contributed by atoms with van der Waals surface area (Å²) in [7, 11) is 0. The molecule has 0 saturated carbocycles. The predicted octanol–water partition coefficient (Wildman–Crippen LogP) is 3.60. The van der Waals surface area contributed by atoms with E-state index in [0.29, 0.717) is 18.5 Å². The van der Waals surface area contributed by atoms with E-state index >= 15 is 0 Å². The van der Waals surface area contributed by atoms with Crippen molar-refractivity contribution in [3.8, 4) is 0 Å². The molecule has 1 aliphatic rings. The van der Waals surface area contributed by atoms with E-state index in [1.165, 1.54) is 5.56 Å². The Labute approximate surface area is 150 Å². The van der Waals surface area contributed by atoms with Crippen LogP contribution < -0.4 is 10.2 Å². The van der Waals surface area contributed by atoms with Crippen LogP contribution in [0.3, 0.4) is 0 Å². The molecule has 1 atom stereocenters. The second-order valence-corrected chi connectivity index (χ2v) is 7.07. The van der Waals surface area contributed by atoms with Gasteiger partial charge in [0.25, 0.3) is 5.91 Å². The molecule has 24 heavy (non-hydrogen) atoms. The largest absolute Gasteiger partial charge is 0.347 e. The Balaban J connectivity index is 1.69. The molecule has 0 unspecified atom stereocenters. The summed E-state index contributed by atoms with van der Waals surface area (Å²) in [5.41, 5.74) is 3.84. The average Bonchev–Trinajstić information content (AvgIpc) is 2.91. The van der Waals surface area contributed by atoms with Crippen LogP contribution >= 0.6 is 15.9 Å². The fourth-order valence-corrected chi connectivity index (χ4v) is 3.08. The topological polar surface area (TPSA) is 49.4 Å². The summed E-state index contributed by atoms with van der Waals surface area (Å²) < 4.78 is 0.927. The van der Waals surface area contributed by atoms with Gasteiger partial charge < -0.3 is 10.2 Å². The monoisotopic (exact) mass is 386 g/mol. The number of hydrogen-bond acceptors (Lipinski definition) is 2. The van der Waals surface area contributed by atoms with Gasteiger partial charge in [0, 0.05) is 28.7 Å². The second kappa shape index (κ2) is 6.77. The van der Waals surface area contributed by atoms with Crippen molar-refractivity contribution >= 4 is 33.4 Å². The van der Waals surface area contributed by atoms with Crippen LogP contribution in [-0.2, 0) is 4.79 Å². The van der Waals surface area contributed by atoms with Gasteiger partial charge in [0.05, 0.1) is 6.04 Å². The maximum absolute atomic E-state index is 12.3. The van der Waals surface area contributed by atoms with Gasteiger partial charge in [0.15, 0.2) is 0 Å². The Morgan fingerprint density at radius 3 is 2.50 bits per heavy atom. The smallest absolute Gasteiger partial charge is 0.251 e. The molecule has 1 N–H and O–H groups in total. The minimum atomic E-state index is -0.171. The van der Waals surface area contributed by atoms with Gasteiger partial charge in [-0.3, -0.25) is 9.59 Å². The standard InChI is InChI=1S/C19H19BrN2O2/c1-12-3-8-17(9-13(12)2)22-11-16(10-18(22)23)21-19(24)14-4-6-15(20)7-5-14/h3-9,16H,10-11H2,1-2H3,(H,21,24)/t16-/m1/s1. The first-order chi connectivity index (χ1) is 11.4. The molecule has 1 fully saturated rings. The van der Waals surface area contributed by atoms with Crippen molar-refractivity contribution in [3.05, 3.63) is 63.6 Å². The second-order valence-electron chi connectivity index (χ2n) is 6.15. The lowest BCUT2D eigenvalue weighted by atomic mass is 10.1. The Hall–Kier alpha value is -2.14. The minimum absolute atomic E-state index is 0.0411. The number of benzene rings is 2. The van der Waals surface area contributed by atoms with Crippen LogP contribution in [0.2, 0.25) is 0 Å². The Kier molecular flexibility index (Phi) is 4.71. The van der Waals surface area contributed by atoms with Crippen LogP contribution in [0.4, 0.5) is 5.69 Å². The number of amides is 2. The molecule has 1 heterocycles. The average molecular weight is 387 g/mol. The SMILES string of the molecule is Cc1ccc(N2C[C@H](NC(=O)c3ccc(Br)cc3)CC2=O)cc1C. The van der Waals surface area contributed by atoms with Gasteiger partial charge in [-0.2, -0.15) is 0 Å². The fourth-order valence-electron chi connectivity index (χ4n) is 2.82. The molecule has 2 aromatic carbocycles. The normalized spacial score (nSPS) is 17.2. The summed E-state index contributed by atoms with van der Waals surface area (Å²) in [5, 5.41) is 2.95. The highest BCUT2D eigenvalue weighted by molar-refractivity contribution is 9.10. The number of halogens is 1. The minimum Gasteiger partial charge on any atom is -0.347 e. The zero-order valence-corrected chi connectivity index (χ0v) is 15.3. The lowest BCUT2D eigenvalue weighted by molar-refractivity contribution is -0.117. The highest BCUT2D eigenvalue weighted by Gasteiger charge is 2.31. The number of rotatable bonds is 3. The van der Waals surface area contributed by atoms with Gasteiger partial charge >= 0.3 is 0 Å². The van der Waals surface area contributed by atoms with Gasteiger partial charge in [0.2, 0.25) is 5.91 Å². The molecule has 0 bridgehead atoms. The fraction of sp³-hybridized carbons (Fsp3) is 0.263. The van der Waals surface area contributed by atoms with Crippen molar-refractivity contribution in [2.45, 2.75) is 26.3 Å². The zero-order chi connectivity index (χ0) is 17.3. The van der Waals surface area contributed by atoms with Crippen molar-refractivity contribution in [1.29, 1.82) is 0 Å². The predicted molar refractivity (Wildman–Crippen MR) is 98.3 cm³/mol. The van der Waals surface area contributed by atoms with E-state index in [0.717, 1.165) is 15.7 Å². The highest BCUT2D eigenvalue weighted by Crippen LogP contribution is 2.24. The van der Waals surface area contributed by atoms with E-state index in [9.17, 15) is 9.59 Å². The van der Waals surface area contributed by atoms with E-state index in [-0.39, 0.29) is 17.9 Å². The van der Waals surface area contributed by atoms with E-state index in [4.69, 9.17) is 0 Å². The molecule has 2 aromatic rings. The maximum atomic E-state index is 12.3. The van der Waals surface area contributed by atoms with Gasteiger partial charge in [-0.15, -0.1) is 0 Å². The first kappa shape index (κ1) is 16.7.